The molecule has 1 aliphatic heterocycles. The lowest BCUT2D eigenvalue weighted by atomic mass is 10.1. The second-order valence-electron chi connectivity index (χ2n) is 6.89. The fourth-order valence-corrected chi connectivity index (χ4v) is 3.27. The third-order valence-electron chi connectivity index (χ3n) is 4.85. The fraction of sp³-hybridized carbons (Fsp3) is 0.364. The topological polar surface area (TPSA) is 79.3 Å². The van der Waals surface area contributed by atoms with Crippen molar-refractivity contribution in [2.45, 2.75) is 25.7 Å². The third kappa shape index (κ3) is 5.96. The van der Waals surface area contributed by atoms with E-state index >= 15 is 0 Å². The lowest BCUT2D eigenvalue weighted by Crippen LogP contribution is -2.57. The number of benzene rings is 2. The maximum Gasteiger partial charge on any atom is 0.410 e. The normalized spacial score (nSPS) is 16.4. The number of piperazine rings is 1. The molecule has 1 saturated heterocycles. The van der Waals surface area contributed by atoms with Crippen LogP contribution in [-0.4, -0.2) is 59.4 Å². The molecule has 1 heterocycles. The highest BCUT2D eigenvalue weighted by Crippen LogP contribution is 2.16. The zero-order valence-electron chi connectivity index (χ0n) is 16.3. The van der Waals surface area contributed by atoms with E-state index in [4.69, 9.17) is 9.47 Å². The van der Waals surface area contributed by atoms with Gasteiger partial charge in [-0.2, -0.15) is 0 Å². The van der Waals surface area contributed by atoms with E-state index in [0.29, 0.717) is 26.1 Å². The van der Waals surface area contributed by atoms with Crippen molar-refractivity contribution in [2.75, 3.05) is 26.2 Å². The van der Waals surface area contributed by atoms with Gasteiger partial charge in [0.2, 0.25) is 0 Å². The molecule has 0 bridgehead atoms. The summed E-state index contributed by atoms with van der Waals surface area (Å²) in [6.45, 7) is 1.29. The van der Waals surface area contributed by atoms with Crippen LogP contribution >= 0.6 is 0 Å². The van der Waals surface area contributed by atoms with Crippen LogP contribution in [0.5, 0.6) is 0 Å². The Hall–Kier alpha value is -3.06. The molecule has 2 amide bonds. The number of carbonyl (C=O) groups excluding carboxylic acids is 2. The molecule has 0 saturated carbocycles. The van der Waals surface area contributed by atoms with E-state index in [2.05, 4.69) is 0 Å². The Balaban J connectivity index is 1.52. The summed E-state index contributed by atoms with van der Waals surface area (Å²) >= 11 is 0. The van der Waals surface area contributed by atoms with E-state index in [0.717, 1.165) is 11.1 Å². The Morgan fingerprint density at radius 1 is 0.862 bits per heavy atom. The van der Waals surface area contributed by atoms with Gasteiger partial charge in [0.05, 0.1) is 6.04 Å². The minimum absolute atomic E-state index is 0.0833. The van der Waals surface area contributed by atoms with Gasteiger partial charge in [-0.15, -0.1) is 0 Å². The number of ether oxygens (including phenoxy) is 2. The summed E-state index contributed by atoms with van der Waals surface area (Å²) in [5.41, 5.74) is 1.82. The van der Waals surface area contributed by atoms with E-state index in [1.807, 2.05) is 60.7 Å². The molecular formula is C22H26N2O5. The zero-order chi connectivity index (χ0) is 20.5. The molecular weight excluding hydrogens is 372 g/mol. The van der Waals surface area contributed by atoms with Crippen LogP contribution in [-0.2, 0) is 22.7 Å². The molecule has 0 aromatic heterocycles. The van der Waals surface area contributed by atoms with Crippen molar-refractivity contribution in [3.8, 4) is 0 Å². The number of aliphatic hydroxyl groups is 1. The molecule has 154 valence electrons. The highest BCUT2D eigenvalue weighted by molar-refractivity contribution is 5.70. The SMILES string of the molecule is O=C(OCc1ccccc1)N1CCN(C(=O)OCc2ccccc2)[C@@H](CCO)C1. The first-order chi connectivity index (χ1) is 14.2. The molecule has 1 N–H and O–H groups in total. The van der Waals surface area contributed by atoms with Crippen molar-refractivity contribution in [1.29, 1.82) is 0 Å². The smallest absolute Gasteiger partial charge is 0.410 e. The van der Waals surface area contributed by atoms with Crippen molar-refractivity contribution in [1.82, 2.24) is 9.80 Å². The number of nitrogens with zero attached hydrogens (tertiary/aromatic N) is 2. The van der Waals surface area contributed by atoms with Crippen LogP contribution in [0.15, 0.2) is 60.7 Å². The van der Waals surface area contributed by atoms with Crippen molar-refractivity contribution < 1.29 is 24.2 Å². The second-order valence-corrected chi connectivity index (χ2v) is 6.89. The van der Waals surface area contributed by atoms with Gasteiger partial charge >= 0.3 is 12.2 Å². The quantitative estimate of drug-likeness (QED) is 0.809. The molecule has 0 unspecified atom stereocenters. The second kappa shape index (κ2) is 10.5. The summed E-state index contributed by atoms with van der Waals surface area (Å²) in [7, 11) is 0. The average Bonchev–Trinajstić information content (AvgIpc) is 2.77. The molecule has 3 rings (SSSR count). The summed E-state index contributed by atoms with van der Waals surface area (Å²) in [5.74, 6) is 0. The molecule has 1 aliphatic rings. The summed E-state index contributed by atoms with van der Waals surface area (Å²) < 4.78 is 10.8. The molecule has 1 fully saturated rings. The number of carbonyl (C=O) groups is 2. The van der Waals surface area contributed by atoms with Crippen LogP contribution in [0, 0.1) is 0 Å². The molecule has 0 radical (unpaired) electrons. The van der Waals surface area contributed by atoms with E-state index in [1.165, 1.54) is 0 Å². The number of aliphatic hydroxyl groups excluding tert-OH is 1. The van der Waals surface area contributed by atoms with Gasteiger partial charge < -0.3 is 24.4 Å². The number of hydrogen-bond acceptors (Lipinski definition) is 5. The van der Waals surface area contributed by atoms with E-state index in [9.17, 15) is 14.7 Å². The Morgan fingerprint density at radius 3 is 1.97 bits per heavy atom. The standard InChI is InChI=1S/C22H26N2O5/c25-14-11-20-15-23(21(26)28-16-18-7-3-1-4-8-18)12-13-24(20)22(27)29-17-19-9-5-2-6-10-19/h1-10,20,25H,11-17H2/t20-/m0/s1. The fourth-order valence-electron chi connectivity index (χ4n) is 3.27. The minimum atomic E-state index is -0.440. The monoisotopic (exact) mass is 398 g/mol. The maximum atomic E-state index is 12.5. The Morgan fingerprint density at radius 2 is 1.41 bits per heavy atom. The van der Waals surface area contributed by atoms with Gasteiger partial charge in [0.25, 0.3) is 0 Å². The highest BCUT2D eigenvalue weighted by Gasteiger charge is 2.33. The highest BCUT2D eigenvalue weighted by atomic mass is 16.6. The van der Waals surface area contributed by atoms with Crippen LogP contribution < -0.4 is 0 Å². The van der Waals surface area contributed by atoms with Crippen LogP contribution in [0.4, 0.5) is 9.59 Å². The van der Waals surface area contributed by atoms with Gasteiger partial charge in [-0.1, -0.05) is 60.7 Å². The molecule has 1 atom stereocenters. The summed E-state index contributed by atoms with van der Waals surface area (Å²) in [5, 5.41) is 9.39. The van der Waals surface area contributed by atoms with E-state index in [-0.39, 0.29) is 25.9 Å². The number of rotatable bonds is 6. The van der Waals surface area contributed by atoms with Crippen molar-refractivity contribution in [3.05, 3.63) is 71.8 Å². The van der Waals surface area contributed by atoms with Crippen molar-refractivity contribution in [2.24, 2.45) is 0 Å². The number of amides is 2. The summed E-state index contributed by atoms with van der Waals surface area (Å²) in [6, 6.07) is 18.6. The first-order valence-electron chi connectivity index (χ1n) is 9.71. The van der Waals surface area contributed by atoms with Gasteiger partial charge in [0, 0.05) is 26.2 Å². The van der Waals surface area contributed by atoms with Crippen LogP contribution in [0.3, 0.4) is 0 Å². The van der Waals surface area contributed by atoms with E-state index in [1.54, 1.807) is 9.80 Å². The Bertz CT molecular complexity index is 784. The molecule has 2 aromatic carbocycles. The van der Waals surface area contributed by atoms with Gasteiger partial charge in [-0.05, 0) is 17.5 Å². The van der Waals surface area contributed by atoms with Gasteiger partial charge in [-0.25, -0.2) is 9.59 Å². The molecule has 7 nitrogen and oxygen atoms in total. The maximum absolute atomic E-state index is 12.5. The molecule has 0 aliphatic carbocycles. The van der Waals surface area contributed by atoms with Crippen LogP contribution in [0.1, 0.15) is 17.5 Å². The molecule has 2 aromatic rings. The van der Waals surface area contributed by atoms with Gasteiger partial charge in [0.1, 0.15) is 13.2 Å². The summed E-state index contributed by atoms with van der Waals surface area (Å²) in [6.07, 6.45) is -0.498. The van der Waals surface area contributed by atoms with E-state index < -0.39 is 12.2 Å². The Labute approximate surface area is 170 Å². The van der Waals surface area contributed by atoms with Gasteiger partial charge in [-0.3, -0.25) is 0 Å². The predicted molar refractivity (Wildman–Crippen MR) is 107 cm³/mol. The first kappa shape index (κ1) is 20.7. The largest absolute Gasteiger partial charge is 0.445 e. The average molecular weight is 398 g/mol. The summed E-state index contributed by atoms with van der Waals surface area (Å²) in [4.78, 5) is 28.1. The predicted octanol–water partition coefficient (Wildman–Crippen LogP) is 3.03. The van der Waals surface area contributed by atoms with Crippen molar-refractivity contribution >= 4 is 12.2 Å². The molecule has 7 heteroatoms. The zero-order valence-corrected chi connectivity index (χ0v) is 16.3. The molecule has 0 spiro atoms. The first-order valence-corrected chi connectivity index (χ1v) is 9.71. The van der Waals surface area contributed by atoms with Crippen molar-refractivity contribution in [3.63, 3.8) is 0 Å². The number of hydrogen-bond donors (Lipinski definition) is 1. The van der Waals surface area contributed by atoms with Crippen LogP contribution in [0.25, 0.3) is 0 Å². The Kier molecular flexibility index (Phi) is 7.47. The van der Waals surface area contributed by atoms with Crippen LogP contribution in [0.2, 0.25) is 0 Å². The third-order valence-corrected chi connectivity index (χ3v) is 4.85. The van der Waals surface area contributed by atoms with Gasteiger partial charge in [0.15, 0.2) is 0 Å². The lowest BCUT2D eigenvalue weighted by Gasteiger charge is -2.40. The lowest BCUT2D eigenvalue weighted by molar-refractivity contribution is 0.0264. The molecule has 29 heavy (non-hydrogen) atoms. The minimum Gasteiger partial charge on any atom is -0.445 e.